The van der Waals surface area contributed by atoms with Gasteiger partial charge in [0, 0.05) is 34.6 Å². The van der Waals surface area contributed by atoms with Crippen LogP contribution in [-0.2, 0) is 15.8 Å². The second-order valence-corrected chi connectivity index (χ2v) is 10.3. The lowest BCUT2D eigenvalue weighted by Crippen LogP contribution is -2.57. The molecule has 1 heterocycles. The topological polar surface area (TPSA) is 74.2 Å². The van der Waals surface area contributed by atoms with E-state index >= 15 is 0 Å². The smallest absolute Gasteiger partial charge is 0.344 e. The number of benzene rings is 2. The summed E-state index contributed by atoms with van der Waals surface area (Å²) in [5.74, 6) is 2.11. The van der Waals surface area contributed by atoms with E-state index in [0.29, 0.717) is 11.5 Å². The van der Waals surface area contributed by atoms with Crippen LogP contribution in [0, 0.1) is 5.92 Å². The van der Waals surface area contributed by atoms with E-state index in [9.17, 15) is 9.90 Å². The number of fused-ring (bicyclic) bond motifs is 4. The molecular weight excluding hydrogens is 444 g/mol. The molecule has 0 unspecified atom stereocenters. The van der Waals surface area contributed by atoms with E-state index in [1.165, 1.54) is 31.2 Å². The highest BCUT2D eigenvalue weighted by Crippen LogP contribution is 2.64. The molecule has 2 aromatic rings. The summed E-state index contributed by atoms with van der Waals surface area (Å²) in [6, 6.07) is 12.1. The quantitative estimate of drug-likeness (QED) is 0.528. The molecule has 3 atom stereocenters. The van der Waals surface area contributed by atoms with Crippen molar-refractivity contribution in [1.29, 1.82) is 0 Å². The second kappa shape index (κ2) is 9.29. The molecule has 35 heavy (non-hydrogen) atoms. The summed E-state index contributed by atoms with van der Waals surface area (Å²) >= 11 is 0. The lowest BCUT2D eigenvalue weighted by atomic mass is 9.51. The monoisotopic (exact) mass is 480 g/mol. The lowest BCUT2D eigenvalue weighted by Gasteiger charge is -2.59. The Labute approximate surface area is 207 Å². The van der Waals surface area contributed by atoms with Gasteiger partial charge in [0.05, 0.1) is 14.2 Å². The van der Waals surface area contributed by atoms with Gasteiger partial charge in [-0.3, -0.25) is 0 Å². The minimum Gasteiger partial charge on any atom is -0.497 e. The average molecular weight is 481 g/mol. The number of carboxylic acids is 1. The van der Waals surface area contributed by atoms with Crippen molar-refractivity contribution < 1.29 is 28.8 Å². The Balaban J connectivity index is 1.72. The van der Waals surface area contributed by atoms with Crippen molar-refractivity contribution in [1.82, 2.24) is 0 Å². The molecule has 6 heteroatoms. The highest BCUT2D eigenvalue weighted by atomic mass is 16.5. The number of carboxylic acid groups (broad SMARTS) is 1. The van der Waals surface area contributed by atoms with E-state index in [4.69, 9.17) is 18.9 Å². The Morgan fingerprint density at radius 2 is 1.60 bits per heavy atom. The number of carbonyl (C=O) groups is 1. The fourth-order valence-electron chi connectivity index (χ4n) is 6.99. The molecule has 3 aliphatic rings. The first kappa shape index (κ1) is 23.8. The molecule has 2 aliphatic carbocycles. The number of rotatable bonds is 6. The van der Waals surface area contributed by atoms with Gasteiger partial charge in [0.2, 0.25) is 0 Å². The zero-order valence-electron chi connectivity index (χ0n) is 21.0. The lowest BCUT2D eigenvalue weighted by molar-refractivity contribution is -0.144. The number of aliphatic carboxylic acids is 1. The van der Waals surface area contributed by atoms with Crippen molar-refractivity contribution in [3.8, 4) is 23.0 Å². The normalized spacial score (nSPS) is 25.5. The zero-order chi connectivity index (χ0) is 24.6. The molecule has 2 saturated carbocycles. The van der Waals surface area contributed by atoms with E-state index in [0.717, 1.165) is 49.2 Å². The second-order valence-electron chi connectivity index (χ2n) is 10.3. The summed E-state index contributed by atoms with van der Waals surface area (Å²) in [7, 11) is 3.29. The van der Waals surface area contributed by atoms with E-state index in [2.05, 4.69) is 12.1 Å². The minimum absolute atomic E-state index is 0.0220. The predicted octanol–water partition coefficient (Wildman–Crippen LogP) is 6.24. The van der Waals surface area contributed by atoms with Gasteiger partial charge in [-0.05, 0) is 57.2 Å². The molecule has 5 rings (SSSR count). The van der Waals surface area contributed by atoms with Gasteiger partial charge in [-0.2, -0.15) is 0 Å². The molecule has 0 aromatic heterocycles. The summed E-state index contributed by atoms with van der Waals surface area (Å²) in [6.45, 7) is 1.56. The molecule has 0 bridgehead atoms. The highest BCUT2D eigenvalue weighted by Gasteiger charge is 2.60. The average Bonchev–Trinajstić information content (AvgIpc) is 2.88. The molecule has 6 nitrogen and oxygen atoms in total. The first-order chi connectivity index (χ1) is 16.9. The van der Waals surface area contributed by atoms with Crippen LogP contribution in [0.3, 0.4) is 0 Å². The SMILES string of the molecule is COc1ccc2c(c1)O[C@]1(c3ccc(OC)cc3O[C@H](C)C(=O)O)CCCC[C@H]1C21CCCCC1. The van der Waals surface area contributed by atoms with E-state index < -0.39 is 17.7 Å². The molecule has 1 spiro atoms. The van der Waals surface area contributed by atoms with Gasteiger partial charge in [-0.25, -0.2) is 4.79 Å². The van der Waals surface area contributed by atoms with E-state index in [1.54, 1.807) is 21.1 Å². The number of ether oxygens (including phenoxy) is 4. The minimum atomic E-state index is -1.00. The van der Waals surface area contributed by atoms with Gasteiger partial charge >= 0.3 is 5.97 Å². The van der Waals surface area contributed by atoms with E-state index in [1.807, 2.05) is 24.3 Å². The van der Waals surface area contributed by atoms with Crippen LogP contribution in [-0.4, -0.2) is 31.4 Å². The van der Waals surface area contributed by atoms with Crippen molar-refractivity contribution in [2.24, 2.45) is 5.92 Å². The maximum atomic E-state index is 11.7. The zero-order valence-corrected chi connectivity index (χ0v) is 21.0. The van der Waals surface area contributed by atoms with Gasteiger partial charge in [-0.15, -0.1) is 0 Å². The van der Waals surface area contributed by atoms with Crippen molar-refractivity contribution in [2.75, 3.05) is 14.2 Å². The third-order valence-corrected chi connectivity index (χ3v) is 8.58. The molecule has 0 amide bonds. The van der Waals surface area contributed by atoms with Crippen LogP contribution in [0.15, 0.2) is 36.4 Å². The van der Waals surface area contributed by atoms with Gasteiger partial charge < -0.3 is 24.1 Å². The van der Waals surface area contributed by atoms with Gasteiger partial charge in [0.1, 0.15) is 28.6 Å². The molecule has 2 aromatic carbocycles. The van der Waals surface area contributed by atoms with Crippen molar-refractivity contribution in [2.45, 2.75) is 81.8 Å². The molecule has 1 N–H and O–H groups in total. The Morgan fingerprint density at radius 3 is 2.29 bits per heavy atom. The summed E-state index contributed by atoms with van der Waals surface area (Å²) in [6.07, 6.45) is 9.12. The molecular formula is C29H36O6. The molecule has 0 saturated heterocycles. The third kappa shape index (κ3) is 3.91. The fourth-order valence-corrected chi connectivity index (χ4v) is 6.99. The third-order valence-electron chi connectivity index (χ3n) is 8.58. The Hall–Kier alpha value is -2.89. The van der Waals surface area contributed by atoms with Gasteiger partial charge in [0.15, 0.2) is 6.10 Å². The molecule has 1 aliphatic heterocycles. The van der Waals surface area contributed by atoms with Crippen LogP contribution >= 0.6 is 0 Å². The Bertz CT molecular complexity index is 1090. The van der Waals surface area contributed by atoms with Crippen LogP contribution in [0.25, 0.3) is 0 Å². The maximum absolute atomic E-state index is 11.7. The summed E-state index contributed by atoms with van der Waals surface area (Å²) < 4.78 is 24.2. The summed E-state index contributed by atoms with van der Waals surface area (Å²) in [5.41, 5.74) is 1.65. The standard InChI is InChI=1S/C29H36O6/c1-19(27(30)31)34-24-17-20(32-2)11-13-23(24)29-16-8-5-9-26(29)28(14-6-4-7-15-28)22-12-10-21(33-3)18-25(22)35-29/h10-13,17-19,26H,4-9,14-16H2,1-3H3,(H,30,31)/t19-,26+,29+/m1/s1. The van der Waals surface area contributed by atoms with Crippen molar-refractivity contribution >= 4 is 5.97 Å². The maximum Gasteiger partial charge on any atom is 0.344 e. The summed E-state index contributed by atoms with van der Waals surface area (Å²) in [5, 5.41) is 9.59. The fraction of sp³-hybridized carbons (Fsp3) is 0.552. The van der Waals surface area contributed by atoms with Crippen molar-refractivity contribution in [3.63, 3.8) is 0 Å². The summed E-state index contributed by atoms with van der Waals surface area (Å²) in [4.78, 5) is 11.7. The first-order valence-corrected chi connectivity index (χ1v) is 12.9. The van der Waals surface area contributed by atoms with Crippen LogP contribution in [0.5, 0.6) is 23.0 Å². The van der Waals surface area contributed by atoms with Crippen LogP contribution < -0.4 is 18.9 Å². The highest BCUT2D eigenvalue weighted by molar-refractivity contribution is 5.72. The van der Waals surface area contributed by atoms with Gasteiger partial charge in [0.25, 0.3) is 0 Å². The molecule has 188 valence electrons. The first-order valence-electron chi connectivity index (χ1n) is 12.9. The Morgan fingerprint density at radius 1 is 0.943 bits per heavy atom. The van der Waals surface area contributed by atoms with E-state index in [-0.39, 0.29) is 11.3 Å². The molecule has 2 fully saturated rings. The van der Waals surface area contributed by atoms with Crippen LogP contribution in [0.2, 0.25) is 0 Å². The number of hydrogen-bond donors (Lipinski definition) is 1. The Kier molecular flexibility index (Phi) is 6.32. The van der Waals surface area contributed by atoms with Crippen LogP contribution in [0.4, 0.5) is 0 Å². The molecule has 0 radical (unpaired) electrons. The largest absolute Gasteiger partial charge is 0.497 e. The number of methoxy groups -OCH3 is 2. The van der Waals surface area contributed by atoms with Crippen molar-refractivity contribution in [3.05, 3.63) is 47.5 Å². The predicted molar refractivity (Wildman–Crippen MR) is 133 cm³/mol. The van der Waals surface area contributed by atoms with Crippen LogP contribution in [0.1, 0.15) is 75.8 Å². The number of hydrogen-bond acceptors (Lipinski definition) is 5. The van der Waals surface area contributed by atoms with Gasteiger partial charge in [-0.1, -0.05) is 31.7 Å².